The summed E-state index contributed by atoms with van der Waals surface area (Å²) < 4.78 is 0. The van der Waals surface area contributed by atoms with Gasteiger partial charge in [0.25, 0.3) is 0 Å². The second kappa shape index (κ2) is 8.30. The van der Waals surface area contributed by atoms with Crippen LogP contribution in [-0.2, 0) is 13.0 Å². The van der Waals surface area contributed by atoms with Crippen molar-refractivity contribution in [3.63, 3.8) is 0 Å². The molecule has 0 bridgehead atoms. The lowest BCUT2D eigenvalue weighted by Crippen LogP contribution is -2.32. The van der Waals surface area contributed by atoms with Gasteiger partial charge in [0.2, 0.25) is 0 Å². The summed E-state index contributed by atoms with van der Waals surface area (Å²) in [4.78, 5) is 2.58. The number of hydrogen-bond donors (Lipinski definition) is 0. The average Bonchev–Trinajstić information content (AvgIpc) is 3.37. The van der Waals surface area contributed by atoms with Gasteiger partial charge in [0.05, 0.1) is 15.8 Å². The number of benzene rings is 2. The van der Waals surface area contributed by atoms with E-state index in [0.29, 0.717) is 16.0 Å². The van der Waals surface area contributed by atoms with Crippen LogP contribution < -0.4 is 0 Å². The summed E-state index contributed by atoms with van der Waals surface area (Å²) in [5.41, 5.74) is 9.12. The standard InChI is InChI=1S/C25H25Cl2N3/c1-16-11-25(29-28-16)21-12-19-3-2-4-20(22(19)13-21)15-30-9-7-17(8-10-30)18-5-6-23(26)24(27)14-18/h2-6,13-14,17H,7-12,15H2,1H3. The van der Waals surface area contributed by atoms with E-state index in [9.17, 15) is 0 Å². The molecule has 2 aliphatic heterocycles. The number of nitrogens with zero attached hydrogens (tertiary/aromatic N) is 3. The molecule has 0 aromatic heterocycles. The van der Waals surface area contributed by atoms with Crippen LogP contribution in [-0.4, -0.2) is 29.4 Å². The van der Waals surface area contributed by atoms with Crippen LogP contribution in [0.4, 0.5) is 0 Å². The molecule has 0 amide bonds. The Morgan fingerprint density at radius 3 is 2.57 bits per heavy atom. The van der Waals surface area contributed by atoms with E-state index in [2.05, 4.69) is 45.4 Å². The molecule has 2 aromatic carbocycles. The molecule has 3 nitrogen and oxygen atoms in total. The van der Waals surface area contributed by atoms with Crippen molar-refractivity contribution in [3.05, 3.63) is 74.3 Å². The van der Waals surface area contributed by atoms with Crippen molar-refractivity contribution >= 4 is 40.7 Å². The first-order chi connectivity index (χ1) is 14.6. The Labute approximate surface area is 188 Å². The van der Waals surface area contributed by atoms with Gasteiger partial charge in [0.1, 0.15) is 0 Å². The summed E-state index contributed by atoms with van der Waals surface area (Å²) in [6.45, 7) is 5.25. The Bertz CT molecular complexity index is 1080. The highest BCUT2D eigenvalue weighted by molar-refractivity contribution is 6.42. The molecule has 5 heteroatoms. The summed E-state index contributed by atoms with van der Waals surface area (Å²) in [7, 11) is 0. The van der Waals surface area contributed by atoms with Gasteiger partial charge in [0.15, 0.2) is 0 Å². The van der Waals surface area contributed by atoms with Gasteiger partial charge in [-0.15, -0.1) is 0 Å². The molecule has 1 aliphatic carbocycles. The van der Waals surface area contributed by atoms with Gasteiger partial charge >= 0.3 is 0 Å². The van der Waals surface area contributed by atoms with Gasteiger partial charge in [-0.05, 0) is 91.2 Å². The Kier molecular flexibility index (Phi) is 5.53. The molecule has 2 heterocycles. The van der Waals surface area contributed by atoms with Crippen LogP contribution in [0.2, 0.25) is 10.0 Å². The van der Waals surface area contributed by atoms with Crippen molar-refractivity contribution < 1.29 is 0 Å². The number of allylic oxidation sites excluding steroid dienone is 1. The smallest absolute Gasteiger partial charge is 0.0722 e. The minimum atomic E-state index is 0.563. The lowest BCUT2D eigenvalue weighted by molar-refractivity contribution is 0.204. The summed E-state index contributed by atoms with van der Waals surface area (Å²) >= 11 is 12.3. The molecular formula is C25H25Cl2N3. The number of piperidine rings is 1. The molecule has 0 atom stereocenters. The number of rotatable bonds is 4. The first-order valence-corrected chi connectivity index (χ1v) is 11.4. The summed E-state index contributed by atoms with van der Waals surface area (Å²) in [5, 5.41) is 9.90. The van der Waals surface area contributed by atoms with Crippen LogP contribution >= 0.6 is 23.2 Å². The molecule has 0 N–H and O–H groups in total. The minimum Gasteiger partial charge on any atom is -0.299 e. The van der Waals surface area contributed by atoms with Crippen molar-refractivity contribution in [2.45, 2.75) is 45.1 Å². The normalized spacial score (nSPS) is 19.5. The third-order valence-electron chi connectivity index (χ3n) is 6.52. The van der Waals surface area contributed by atoms with E-state index in [1.807, 2.05) is 19.1 Å². The molecule has 1 saturated heterocycles. The molecular weight excluding hydrogens is 413 g/mol. The topological polar surface area (TPSA) is 28.0 Å². The van der Waals surface area contributed by atoms with Crippen molar-refractivity contribution in [3.8, 4) is 0 Å². The van der Waals surface area contributed by atoms with E-state index in [0.717, 1.165) is 56.7 Å². The Balaban J connectivity index is 1.26. The Hall–Kier alpha value is -1.94. The van der Waals surface area contributed by atoms with Crippen molar-refractivity contribution in [1.82, 2.24) is 4.90 Å². The van der Waals surface area contributed by atoms with Crippen LogP contribution in [0.5, 0.6) is 0 Å². The summed E-state index contributed by atoms with van der Waals surface area (Å²) in [6, 6.07) is 12.8. The molecule has 0 saturated carbocycles. The summed E-state index contributed by atoms with van der Waals surface area (Å²) in [6.07, 6.45) is 6.52. The first-order valence-electron chi connectivity index (χ1n) is 10.7. The first kappa shape index (κ1) is 20.0. The molecule has 3 aliphatic rings. The number of fused-ring (bicyclic) bond motifs is 1. The minimum absolute atomic E-state index is 0.563. The van der Waals surface area contributed by atoms with Crippen LogP contribution in [0.1, 0.15) is 54.4 Å². The Morgan fingerprint density at radius 2 is 1.83 bits per heavy atom. The van der Waals surface area contributed by atoms with Crippen molar-refractivity contribution in [1.29, 1.82) is 0 Å². The number of hydrogen-bond acceptors (Lipinski definition) is 3. The Morgan fingerprint density at radius 1 is 1.00 bits per heavy atom. The summed E-state index contributed by atoms with van der Waals surface area (Å²) in [5.74, 6) is 0.563. The van der Waals surface area contributed by atoms with E-state index in [1.165, 1.54) is 27.8 Å². The second-order valence-electron chi connectivity index (χ2n) is 8.62. The number of likely N-dealkylation sites (tertiary alicyclic amines) is 1. The van der Waals surface area contributed by atoms with E-state index in [1.54, 1.807) is 0 Å². The fraction of sp³-hybridized carbons (Fsp3) is 0.360. The van der Waals surface area contributed by atoms with Gasteiger partial charge < -0.3 is 0 Å². The van der Waals surface area contributed by atoms with Gasteiger partial charge in [0, 0.05) is 18.7 Å². The van der Waals surface area contributed by atoms with Crippen LogP contribution in [0.15, 0.2) is 52.2 Å². The van der Waals surface area contributed by atoms with E-state index < -0.39 is 0 Å². The largest absolute Gasteiger partial charge is 0.299 e. The molecule has 1 fully saturated rings. The molecule has 2 aromatic rings. The highest BCUT2D eigenvalue weighted by Gasteiger charge is 2.25. The third kappa shape index (κ3) is 3.99. The van der Waals surface area contributed by atoms with Gasteiger partial charge in [-0.1, -0.05) is 47.5 Å². The van der Waals surface area contributed by atoms with Crippen LogP contribution in [0.25, 0.3) is 6.08 Å². The highest BCUT2D eigenvalue weighted by Crippen LogP contribution is 2.34. The average molecular weight is 438 g/mol. The lowest BCUT2D eigenvalue weighted by atomic mass is 9.89. The fourth-order valence-corrected chi connectivity index (χ4v) is 5.13. The zero-order valence-electron chi connectivity index (χ0n) is 17.2. The molecule has 154 valence electrons. The molecule has 5 rings (SSSR count). The maximum absolute atomic E-state index is 6.23. The maximum Gasteiger partial charge on any atom is 0.0722 e. The fourth-order valence-electron chi connectivity index (χ4n) is 4.83. The second-order valence-corrected chi connectivity index (χ2v) is 9.43. The molecule has 0 spiro atoms. The van der Waals surface area contributed by atoms with Gasteiger partial charge in [-0.2, -0.15) is 10.2 Å². The predicted molar refractivity (Wildman–Crippen MR) is 127 cm³/mol. The monoisotopic (exact) mass is 437 g/mol. The molecule has 0 radical (unpaired) electrons. The molecule has 30 heavy (non-hydrogen) atoms. The van der Waals surface area contributed by atoms with E-state index >= 15 is 0 Å². The maximum atomic E-state index is 6.23. The SMILES string of the molecule is CC1=NN=C(C2=Cc3c(cccc3CN3CCC(c4ccc(Cl)c(Cl)c4)CC3)C2)C1. The third-order valence-corrected chi connectivity index (χ3v) is 7.26. The molecule has 0 unspecified atom stereocenters. The zero-order chi connectivity index (χ0) is 20.7. The van der Waals surface area contributed by atoms with E-state index in [4.69, 9.17) is 23.2 Å². The predicted octanol–water partition coefficient (Wildman–Crippen LogP) is 6.53. The van der Waals surface area contributed by atoms with Gasteiger partial charge in [-0.3, -0.25) is 4.90 Å². The van der Waals surface area contributed by atoms with E-state index in [-0.39, 0.29) is 0 Å². The van der Waals surface area contributed by atoms with Gasteiger partial charge in [-0.25, -0.2) is 0 Å². The highest BCUT2D eigenvalue weighted by atomic mass is 35.5. The van der Waals surface area contributed by atoms with Crippen LogP contribution in [0.3, 0.4) is 0 Å². The zero-order valence-corrected chi connectivity index (χ0v) is 18.7. The quantitative estimate of drug-likeness (QED) is 0.533. The number of halogens is 2. The van der Waals surface area contributed by atoms with Crippen LogP contribution in [0, 0.1) is 0 Å². The van der Waals surface area contributed by atoms with Crippen molar-refractivity contribution in [2.24, 2.45) is 10.2 Å². The van der Waals surface area contributed by atoms with Crippen molar-refractivity contribution in [2.75, 3.05) is 13.1 Å². The lowest BCUT2D eigenvalue weighted by Gasteiger charge is -2.32.